The van der Waals surface area contributed by atoms with E-state index in [1.165, 1.54) is 8.96 Å². The second kappa shape index (κ2) is 3.30. The van der Waals surface area contributed by atoms with E-state index in [1.807, 2.05) is 24.4 Å². The zero-order chi connectivity index (χ0) is 8.55. The van der Waals surface area contributed by atoms with Crippen LogP contribution in [0.4, 0.5) is 0 Å². The van der Waals surface area contributed by atoms with Crippen LogP contribution in [0.15, 0.2) is 34.9 Å². The fourth-order valence-electron chi connectivity index (χ4n) is 1.09. The van der Waals surface area contributed by atoms with Crippen LogP contribution >= 0.6 is 38.5 Å². The van der Waals surface area contributed by atoms with Crippen molar-refractivity contribution in [2.45, 2.75) is 0 Å². The van der Waals surface area contributed by atoms with Crippen LogP contribution < -0.4 is 0 Å². The average Bonchev–Trinajstić information content (AvgIpc) is 2.12. The fraction of sp³-hybridized carbons (Fsp3) is 0. The zero-order valence-corrected chi connectivity index (χ0v) is 9.83. The highest BCUT2D eigenvalue weighted by molar-refractivity contribution is 14.1. The van der Waals surface area contributed by atoms with Crippen molar-refractivity contribution in [2.75, 3.05) is 0 Å². The molecule has 0 amide bonds. The summed E-state index contributed by atoms with van der Waals surface area (Å²) in [4.78, 5) is 4.26. The predicted molar refractivity (Wildman–Crippen MR) is 62.2 cm³/mol. The number of pyridine rings is 1. The van der Waals surface area contributed by atoms with Crippen molar-refractivity contribution in [2.24, 2.45) is 0 Å². The van der Waals surface area contributed by atoms with Crippen molar-refractivity contribution in [1.82, 2.24) is 4.98 Å². The van der Waals surface area contributed by atoms with E-state index in [-0.39, 0.29) is 0 Å². The molecule has 1 nitrogen and oxygen atoms in total. The van der Waals surface area contributed by atoms with Gasteiger partial charge in [0.2, 0.25) is 0 Å². The van der Waals surface area contributed by atoms with Gasteiger partial charge in [0.1, 0.15) is 0 Å². The maximum absolute atomic E-state index is 4.26. The molecular formula is C9H5BrIN. The van der Waals surface area contributed by atoms with Crippen LogP contribution in [0.1, 0.15) is 0 Å². The molecule has 0 aliphatic carbocycles. The molecule has 1 aromatic carbocycles. The Labute approximate surface area is 92.5 Å². The van der Waals surface area contributed by atoms with Gasteiger partial charge in [-0.1, -0.05) is 6.07 Å². The lowest BCUT2D eigenvalue weighted by Gasteiger charge is -2.00. The van der Waals surface area contributed by atoms with E-state index in [9.17, 15) is 0 Å². The minimum absolute atomic E-state index is 1.05. The number of benzene rings is 1. The van der Waals surface area contributed by atoms with Crippen LogP contribution in [-0.4, -0.2) is 4.98 Å². The number of fused-ring (bicyclic) bond motifs is 1. The third kappa shape index (κ3) is 1.35. The smallest absolute Gasteiger partial charge is 0.0713 e. The molecule has 0 N–H and O–H groups in total. The minimum Gasteiger partial charge on any atom is -0.256 e. The van der Waals surface area contributed by atoms with Gasteiger partial charge in [-0.2, -0.15) is 0 Å². The molecule has 2 rings (SSSR count). The Balaban J connectivity index is 2.91. The van der Waals surface area contributed by atoms with Crippen LogP contribution in [0.3, 0.4) is 0 Å². The quantitative estimate of drug-likeness (QED) is 0.671. The first-order valence-corrected chi connectivity index (χ1v) is 5.35. The van der Waals surface area contributed by atoms with Gasteiger partial charge >= 0.3 is 0 Å². The van der Waals surface area contributed by atoms with Gasteiger partial charge in [-0.3, -0.25) is 4.98 Å². The molecule has 60 valence electrons. The number of halogens is 2. The van der Waals surface area contributed by atoms with Crippen molar-refractivity contribution in [1.29, 1.82) is 0 Å². The molecule has 0 radical (unpaired) electrons. The molecule has 2 aromatic rings. The summed E-state index contributed by atoms with van der Waals surface area (Å²) in [6.45, 7) is 0. The standard InChI is InChI=1S/C9H5BrIN/c10-7-3-4-8-6(9(7)11)2-1-5-12-8/h1-5H. The summed E-state index contributed by atoms with van der Waals surface area (Å²) in [6.07, 6.45) is 1.81. The van der Waals surface area contributed by atoms with Crippen LogP contribution in [0, 0.1) is 3.57 Å². The van der Waals surface area contributed by atoms with E-state index < -0.39 is 0 Å². The van der Waals surface area contributed by atoms with Crippen molar-refractivity contribution >= 4 is 49.4 Å². The number of hydrogen-bond donors (Lipinski definition) is 0. The topological polar surface area (TPSA) is 12.9 Å². The van der Waals surface area contributed by atoms with Gasteiger partial charge in [0, 0.05) is 19.6 Å². The molecule has 1 aromatic heterocycles. The van der Waals surface area contributed by atoms with Gasteiger partial charge in [-0.25, -0.2) is 0 Å². The Morgan fingerprint density at radius 2 is 2.08 bits per heavy atom. The molecule has 0 atom stereocenters. The highest BCUT2D eigenvalue weighted by Gasteiger charge is 2.01. The van der Waals surface area contributed by atoms with Gasteiger partial charge in [0.15, 0.2) is 0 Å². The maximum Gasteiger partial charge on any atom is 0.0713 e. The SMILES string of the molecule is Brc1ccc2ncccc2c1I. The third-order valence-corrected chi connectivity index (χ3v) is 4.24. The first-order chi connectivity index (χ1) is 5.79. The van der Waals surface area contributed by atoms with Gasteiger partial charge in [-0.15, -0.1) is 0 Å². The largest absolute Gasteiger partial charge is 0.256 e. The lowest BCUT2D eigenvalue weighted by atomic mass is 10.2. The Morgan fingerprint density at radius 3 is 2.92 bits per heavy atom. The predicted octanol–water partition coefficient (Wildman–Crippen LogP) is 3.60. The zero-order valence-electron chi connectivity index (χ0n) is 6.09. The molecule has 1 heterocycles. The summed E-state index contributed by atoms with van der Waals surface area (Å²) in [5, 5.41) is 1.20. The minimum atomic E-state index is 1.05. The average molecular weight is 334 g/mol. The van der Waals surface area contributed by atoms with Crippen LogP contribution in [0.5, 0.6) is 0 Å². The van der Waals surface area contributed by atoms with Crippen LogP contribution in [0.25, 0.3) is 10.9 Å². The summed E-state index contributed by atoms with van der Waals surface area (Å²) < 4.78 is 2.35. The first kappa shape index (κ1) is 8.44. The maximum atomic E-state index is 4.26. The fourth-order valence-corrected chi connectivity index (χ4v) is 2.07. The second-order valence-electron chi connectivity index (χ2n) is 2.43. The summed E-state index contributed by atoms with van der Waals surface area (Å²) in [5.41, 5.74) is 1.05. The molecule has 0 fully saturated rings. The third-order valence-electron chi connectivity index (χ3n) is 1.67. The van der Waals surface area contributed by atoms with Gasteiger partial charge in [0.05, 0.1) is 5.52 Å². The van der Waals surface area contributed by atoms with E-state index in [1.54, 1.807) is 0 Å². The Hall–Kier alpha value is -0.160. The lowest BCUT2D eigenvalue weighted by molar-refractivity contribution is 1.40. The van der Waals surface area contributed by atoms with E-state index in [2.05, 4.69) is 49.6 Å². The summed E-state index contributed by atoms with van der Waals surface area (Å²) >= 11 is 5.80. The Kier molecular flexibility index (Phi) is 2.32. The molecule has 0 saturated heterocycles. The second-order valence-corrected chi connectivity index (χ2v) is 4.36. The Morgan fingerprint density at radius 1 is 1.25 bits per heavy atom. The number of hydrogen-bond acceptors (Lipinski definition) is 1. The summed E-state index contributed by atoms with van der Waals surface area (Å²) in [7, 11) is 0. The molecular weight excluding hydrogens is 329 g/mol. The summed E-state index contributed by atoms with van der Waals surface area (Å²) in [6, 6.07) is 8.07. The molecule has 3 heteroatoms. The molecule has 0 bridgehead atoms. The van der Waals surface area contributed by atoms with Crippen molar-refractivity contribution in [3.05, 3.63) is 38.5 Å². The number of nitrogens with zero attached hydrogens (tertiary/aromatic N) is 1. The number of aromatic nitrogens is 1. The van der Waals surface area contributed by atoms with Crippen LogP contribution in [0.2, 0.25) is 0 Å². The van der Waals surface area contributed by atoms with Gasteiger partial charge in [0.25, 0.3) is 0 Å². The van der Waals surface area contributed by atoms with E-state index >= 15 is 0 Å². The molecule has 0 aliphatic heterocycles. The summed E-state index contributed by atoms with van der Waals surface area (Å²) in [5.74, 6) is 0. The monoisotopic (exact) mass is 333 g/mol. The highest BCUT2D eigenvalue weighted by atomic mass is 127. The van der Waals surface area contributed by atoms with Crippen molar-refractivity contribution in [3.8, 4) is 0 Å². The Bertz CT molecular complexity index is 428. The van der Waals surface area contributed by atoms with Gasteiger partial charge in [-0.05, 0) is 56.7 Å². The highest BCUT2D eigenvalue weighted by Crippen LogP contribution is 2.26. The van der Waals surface area contributed by atoms with Gasteiger partial charge < -0.3 is 0 Å². The molecule has 12 heavy (non-hydrogen) atoms. The molecule has 0 saturated carbocycles. The number of rotatable bonds is 0. The van der Waals surface area contributed by atoms with Crippen molar-refractivity contribution < 1.29 is 0 Å². The lowest BCUT2D eigenvalue weighted by Crippen LogP contribution is -1.81. The first-order valence-electron chi connectivity index (χ1n) is 3.48. The van der Waals surface area contributed by atoms with Crippen LogP contribution in [-0.2, 0) is 0 Å². The van der Waals surface area contributed by atoms with Crippen molar-refractivity contribution in [3.63, 3.8) is 0 Å². The van der Waals surface area contributed by atoms with E-state index in [4.69, 9.17) is 0 Å². The van der Waals surface area contributed by atoms with E-state index in [0.29, 0.717) is 0 Å². The normalized spacial score (nSPS) is 10.5. The molecule has 0 unspecified atom stereocenters. The molecule has 0 spiro atoms. The molecule has 0 aliphatic rings. The van der Waals surface area contributed by atoms with E-state index in [0.717, 1.165) is 9.99 Å².